The smallest absolute Gasteiger partial charge is 0.264 e. The third-order valence-corrected chi connectivity index (χ3v) is 1.83. The highest BCUT2D eigenvalue weighted by molar-refractivity contribution is 5.40. The fourth-order valence-electron chi connectivity index (χ4n) is 1.20. The van der Waals surface area contributed by atoms with Crippen LogP contribution < -0.4 is 10.5 Å². The molecule has 13 heavy (non-hydrogen) atoms. The van der Waals surface area contributed by atoms with E-state index in [1.54, 1.807) is 6.07 Å². The number of hydrogen-bond acceptors (Lipinski definition) is 2. The Bertz CT molecular complexity index is 289. The standard InChI is InChI=1S/C9H11F2NO/c1-13-8-4-2-3-6(9(10)11)7(8)5-12/h2-4,9H,5,12H2,1H3. The maximum atomic E-state index is 12.4. The largest absolute Gasteiger partial charge is 0.496 e. The van der Waals surface area contributed by atoms with Gasteiger partial charge >= 0.3 is 0 Å². The fourth-order valence-corrected chi connectivity index (χ4v) is 1.20. The molecule has 0 amide bonds. The van der Waals surface area contributed by atoms with Crippen LogP contribution >= 0.6 is 0 Å². The normalized spacial score (nSPS) is 10.5. The van der Waals surface area contributed by atoms with Gasteiger partial charge in [0.2, 0.25) is 0 Å². The van der Waals surface area contributed by atoms with E-state index in [0.29, 0.717) is 11.3 Å². The number of methoxy groups -OCH3 is 1. The summed E-state index contributed by atoms with van der Waals surface area (Å²) in [4.78, 5) is 0. The molecule has 0 spiro atoms. The first-order valence-electron chi connectivity index (χ1n) is 3.84. The second kappa shape index (κ2) is 4.18. The van der Waals surface area contributed by atoms with Crippen LogP contribution in [0.15, 0.2) is 18.2 Å². The molecule has 0 aliphatic rings. The van der Waals surface area contributed by atoms with Crippen molar-refractivity contribution >= 4 is 0 Å². The number of nitrogens with two attached hydrogens (primary N) is 1. The lowest BCUT2D eigenvalue weighted by atomic mass is 10.1. The van der Waals surface area contributed by atoms with Crippen LogP contribution in [0.5, 0.6) is 5.75 Å². The number of hydrogen-bond donors (Lipinski definition) is 1. The van der Waals surface area contributed by atoms with Gasteiger partial charge in [-0.2, -0.15) is 0 Å². The van der Waals surface area contributed by atoms with E-state index in [4.69, 9.17) is 10.5 Å². The van der Waals surface area contributed by atoms with Crippen molar-refractivity contribution in [2.45, 2.75) is 13.0 Å². The lowest BCUT2D eigenvalue weighted by Crippen LogP contribution is -2.04. The predicted octanol–water partition coefficient (Wildman–Crippen LogP) is 2.09. The molecule has 1 aromatic rings. The van der Waals surface area contributed by atoms with E-state index in [-0.39, 0.29) is 12.1 Å². The minimum absolute atomic E-state index is 0.0538. The lowest BCUT2D eigenvalue weighted by molar-refractivity contribution is 0.149. The molecule has 0 aromatic heterocycles. The molecule has 0 saturated carbocycles. The van der Waals surface area contributed by atoms with Crippen molar-refractivity contribution in [1.29, 1.82) is 0 Å². The molecule has 0 radical (unpaired) electrons. The zero-order valence-corrected chi connectivity index (χ0v) is 7.26. The van der Waals surface area contributed by atoms with Crippen molar-refractivity contribution < 1.29 is 13.5 Å². The summed E-state index contributed by atoms with van der Waals surface area (Å²) in [6, 6.07) is 4.50. The summed E-state index contributed by atoms with van der Waals surface area (Å²) in [5.74, 6) is 0.417. The van der Waals surface area contributed by atoms with E-state index < -0.39 is 6.43 Å². The summed E-state index contributed by atoms with van der Waals surface area (Å²) >= 11 is 0. The van der Waals surface area contributed by atoms with Crippen LogP contribution in [0, 0.1) is 0 Å². The van der Waals surface area contributed by atoms with Gasteiger partial charge in [0.15, 0.2) is 0 Å². The van der Waals surface area contributed by atoms with Crippen molar-refractivity contribution in [3.63, 3.8) is 0 Å². The van der Waals surface area contributed by atoms with E-state index in [0.717, 1.165) is 0 Å². The van der Waals surface area contributed by atoms with E-state index in [2.05, 4.69) is 0 Å². The first kappa shape index (κ1) is 9.92. The number of ether oxygens (including phenoxy) is 1. The molecule has 4 heteroatoms. The molecule has 1 rings (SSSR count). The molecule has 0 aliphatic heterocycles. The van der Waals surface area contributed by atoms with Crippen molar-refractivity contribution in [3.8, 4) is 5.75 Å². The molecule has 0 saturated heterocycles. The van der Waals surface area contributed by atoms with Gasteiger partial charge in [0.05, 0.1) is 7.11 Å². The summed E-state index contributed by atoms with van der Waals surface area (Å²) in [7, 11) is 1.43. The number of alkyl halides is 2. The monoisotopic (exact) mass is 187 g/mol. The van der Waals surface area contributed by atoms with Crippen LogP contribution in [0.1, 0.15) is 17.6 Å². The number of halogens is 2. The van der Waals surface area contributed by atoms with Gasteiger partial charge in [-0.3, -0.25) is 0 Å². The molecular weight excluding hydrogens is 176 g/mol. The van der Waals surface area contributed by atoms with Gasteiger partial charge in [-0.25, -0.2) is 8.78 Å². The van der Waals surface area contributed by atoms with Gasteiger partial charge in [0.1, 0.15) is 5.75 Å². The van der Waals surface area contributed by atoms with Gasteiger partial charge < -0.3 is 10.5 Å². The van der Waals surface area contributed by atoms with Crippen molar-refractivity contribution in [2.24, 2.45) is 5.73 Å². The van der Waals surface area contributed by atoms with Gasteiger partial charge in [-0.1, -0.05) is 12.1 Å². The molecule has 1 aromatic carbocycles. The predicted molar refractivity (Wildman–Crippen MR) is 45.8 cm³/mol. The fraction of sp³-hybridized carbons (Fsp3) is 0.333. The molecule has 0 bridgehead atoms. The van der Waals surface area contributed by atoms with Gasteiger partial charge in [0.25, 0.3) is 6.43 Å². The Labute approximate surface area is 75.3 Å². The van der Waals surface area contributed by atoms with Crippen LogP contribution in [-0.4, -0.2) is 7.11 Å². The molecule has 0 aliphatic carbocycles. The zero-order valence-electron chi connectivity index (χ0n) is 7.26. The van der Waals surface area contributed by atoms with Crippen LogP contribution in [0.2, 0.25) is 0 Å². The topological polar surface area (TPSA) is 35.2 Å². The lowest BCUT2D eigenvalue weighted by Gasteiger charge is -2.11. The Morgan fingerprint density at radius 3 is 2.62 bits per heavy atom. The van der Waals surface area contributed by atoms with Gasteiger partial charge in [0, 0.05) is 17.7 Å². The maximum Gasteiger partial charge on any atom is 0.264 e. The number of rotatable bonds is 3. The van der Waals surface area contributed by atoms with E-state index in [1.165, 1.54) is 19.2 Å². The van der Waals surface area contributed by atoms with Gasteiger partial charge in [-0.15, -0.1) is 0 Å². The minimum atomic E-state index is -2.51. The molecule has 2 N–H and O–H groups in total. The number of benzene rings is 1. The highest BCUT2D eigenvalue weighted by atomic mass is 19.3. The maximum absolute atomic E-state index is 12.4. The molecule has 2 nitrogen and oxygen atoms in total. The first-order chi connectivity index (χ1) is 6.20. The van der Waals surface area contributed by atoms with Crippen LogP contribution in [0.4, 0.5) is 8.78 Å². The van der Waals surface area contributed by atoms with Crippen LogP contribution in [-0.2, 0) is 6.54 Å². The van der Waals surface area contributed by atoms with E-state index >= 15 is 0 Å². The van der Waals surface area contributed by atoms with Crippen LogP contribution in [0.25, 0.3) is 0 Å². The third kappa shape index (κ3) is 1.95. The van der Waals surface area contributed by atoms with E-state index in [1.807, 2.05) is 0 Å². The van der Waals surface area contributed by atoms with Crippen molar-refractivity contribution in [2.75, 3.05) is 7.11 Å². The Morgan fingerprint density at radius 2 is 2.15 bits per heavy atom. The molecule has 0 fully saturated rings. The van der Waals surface area contributed by atoms with Gasteiger partial charge in [-0.05, 0) is 6.07 Å². The van der Waals surface area contributed by atoms with E-state index in [9.17, 15) is 8.78 Å². The summed E-state index contributed by atoms with van der Waals surface area (Å²) < 4.78 is 29.8. The molecule has 72 valence electrons. The third-order valence-electron chi connectivity index (χ3n) is 1.83. The molecule has 0 unspecified atom stereocenters. The minimum Gasteiger partial charge on any atom is -0.496 e. The zero-order chi connectivity index (χ0) is 9.84. The Hall–Kier alpha value is -1.16. The second-order valence-electron chi connectivity index (χ2n) is 2.53. The quantitative estimate of drug-likeness (QED) is 0.786. The molecule has 0 atom stereocenters. The Morgan fingerprint density at radius 1 is 1.46 bits per heavy atom. The molecule has 0 heterocycles. The summed E-state index contributed by atoms with van der Waals surface area (Å²) in [5.41, 5.74) is 5.67. The van der Waals surface area contributed by atoms with Crippen molar-refractivity contribution in [1.82, 2.24) is 0 Å². The second-order valence-corrected chi connectivity index (χ2v) is 2.53. The summed E-state index contributed by atoms with van der Waals surface area (Å²) in [6.07, 6.45) is -2.51. The average Bonchev–Trinajstić information content (AvgIpc) is 2.16. The summed E-state index contributed by atoms with van der Waals surface area (Å²) in [6.45, 7) is 0.0592. The summed E-state index contributed by atoms with van der Waals surface area (Å²) in [5, 5.41) is 0. The Balaban J connectivity index is 3.19. The van der Waals surface area contributed by atoms with Crippen molar-refractivity contribution in [3.05, 3.63) is 29.3 Å². The highest BCUT2D eigenvalue weighted by Crippen LogP contribution is 2.29. The Kier molecular flexibility index (Phi) is 3.19. The molecular formula is C9H11F2NO. The van der Waals surface area contributed by atoms with Crippen LogP contribution in [0.3, 0.4) is 0 Å². The first-order valence-corrected chi connectivity index (χ1v) is 3.84. The average molecular weight is 187 g/mol. The SMILES string of the molecule is COc1cccc(C(F)F)c1CN. The highest BCUT2D eigenvalue weighted by Gasteiger charge is 2.14.